The number of carbonyl (C=O) groups is 1. The summed E-state index contributed by atoms with van der Waals surface area (Å²) in [7, 11) is 0. The molecule has 1 unspecified atom stereocenters. The Morgan fingerprint density at radius 1 is 1.29 bits per heavy atom. The van der Waals surface area contributed by atoms with Gasteiger partial charge in [-0.3, -0.25) is 9.69 Å². The average molecular weight is 323 g/mol. The molecule has 0 aliphatic carbocycles. The smallest absolute Gasteiger partial charge is 0.233 e. The van der Waals surface area contributed by atoms with Crippen LogP contribution in [0.15, 0.2) is 35.2 Å². The van der Waals surface area contributed by atoms with Gasteiger partial charge in [0.15, 0.2) is 0 Å². The van der Waals surface area contributed by atoms with Crippen molar-refractivity contribution in [3.8, 4) is 0 Å². The molecule has 1 aliphatic rings. The number of piperazine rings is 1. The van der Waals surface area contributed by atoms with Gasteiger partial charge in [-0.15, -0.1) is 11.8 Å². The lowest BCUT2D eigenvalue weighted by Crippen LogP contribution is -2.54. The van der Waals surface area contributed by atoms with Crippen molar-refractivity contribution in [1.29, 1.82) is 0 Å². The summed E-state index contributed by atoms with van der Waals surface area (Å²) in [5.74, 6) is 0.695. The molecule has 1 aromatic rings. The van der Waals surface area contributed by atoms with Gasteiger partial charge in [0, 0.05) is 31.1 Å². The number of thioether (sulfide) groups is 1. The second-order valence-corrected chi connectivity index (χ2v) is 6.62. The van der Waals surface area contributed by atoms with E-state index in [1.54, 1.807) is 11.8 Å². The van der Waals surface area contributed by atoms with Crippen molar-refractivity contribution in [2.45, 2.75) is 17.9 Å². The molecule has 1 aliphatic heterocycles. The highest BCUT2D eigenvalue weighted by atomic mass is 32.2. The number of hydrogen-bond acceptors (Lipinski definition) is 4. The molecule has 1 atom stereocenters. The van der Waals surface area contributed by atoms with Crippen LogP contribution in [0.25, 0.3) is 0 Å². The number of thiocarbonyl (C=S) groups is 1. The lowest BCUT2D eigenvalue weighted by Gasteiger charge is -2.37. The number of amides is 1. The summed E-state index contributed by atoms with van der Waals surface area (Å²) < 4.78 is 0. The molecule has 1 fully saturated rings. The highest BCUT2D eigenvalue weighted by Crippen LogP contribution is 2.18. The molecule has 1 heterocycles. The van der Waals surface area contributed by atoms with Crippen LogP contribution < -0.4 is 5.73 Å². The lowest BCUT2D eigenvalue weighted by molar-refractivity contribution is -0.130. The fourth-order valence-corrected chi connectivity index (χ4v) is 3.26. The number of nitrogens with zero attached hydrogens (tertiary/aromatic N) is 2. The first-order chi connectivity index (χ1) is 10.1. The van der Waals surface area contributed by atoms with Gasteiger partial charge in [-0.2, -0.15) is 0 Å². The van der Waals surface area contributed by atoms with Gasteiger partial charge in [0.05, 0.1) is 16.8 Å². The zero-order valence-corrected chi connectivity index (χ0v) is 13.8. The minimum Gasteiger partial charge on any atom is -0.392 e. The molecule has 1 amide bonds. The van der Waals surface area contributed by atoms with Crippen LogP contribution in [0.2, 0.25) is 0 Å². The van der Waals surface area contributed by atoms with Crippen LogP contribution in [0.1, 0.15) is 6.92 Å². The van der Waals surface area contributed by atoms with Gasteiger partial charge in [-0.05, 0) is 19.1 Å². The van der Waals surface area contributed by atoms with Gasteiger partial charge in [0.1, 0.15) is 0 Å². The Labute approximate surface area is 135 Å². The Morgan fingerprint density at radius 3 is 2.48 bits per heavy atom. The molecule has 0 saturated carbocycles. The van der Waals surface area contributed by atoms with Gasteiger partial charge in [0.25, 0.3) is 0 Å². The van der Waals surface area contributed by atoms with Crippen molar-refractivity contribution in [3.05, 3.63) is 30.3 Å². The number of hydrogen-bond donors (Lipinski definition) is 1. The van der Waals surface area contributed by atoms with Crippen LogP contribution in [-0.4, -0.2) is 58.7 Å². The van der Waals surface area contributed by atoms with Gasteiger partial charge < -0.3 is 10.6 Å². The summed E-state index contributed by atoms with van der Waals surface area (Å²) in [5.41, 5.74) is 5.68. The summed E-state index contributed by atoms with van der Waals surface area (Å²) in [6.45, 7) is 5.19. The Bertz CT molecular complexity index is 487. The Balaban J connectivity index is 1.77. The zero-order valence-electron chi connectivity index (χ0n) is 12.2. The maximum Gasteiger partial charge on any atom is 0.233 e. The third kappa shape index (κ3) is 4.69. The first-order valence-corrected chi connectivity index (χ1v) is 8.46. The summed E-state index contributed by atoms with van der Waals surface area (Å²) >= 11 is 6.62. The molecule has 4 nitrogen and oxygen atoms in total. The van der Waals surface area contributed by atoms with E-state index in [0.717, 1.165) is 31.1 Å². The van der Waals surface area contributed by atoms with Crippen LogP contribution in [0.3, 0.4) is 0 Å². The molecular formula is C15H21N3OS2. The largest absolute Gasteiger partial charge is 0.392 e. The van der Waals surface area contributed by atoms with E-state index in [9.17, 15) is 4.79 Å². The fourth-order valence-electron chi connectivity index (χ4n) is 2.29. The van der Waals surface area contributed by atoms with E-state index in [1.165, 1.54) is 0 Å². The molecule has 21 heavy (non-hydrogen) atoms. The van der Waals surface area contributed by atoms with Gasteiger partial charge >= 0.3 is 0 Å². The predicted octanol–water partition coefficient (Wildman–Crippen LogP) is 1.60. The van der Waals surface area contributed by atoms with Gasteiger partial charge in [-0.25, -0.2) is 0 Å². The van der Waals surface area contributed by atoms with E-state index < -0.39 is 0 Å². The molecule has 0 radical (unpaired) electrons. The van der Waals surface area contributed by atoms with Crippen LogP contribution in [0.5, 0.6) is 0 Å². The minimum absolute atomic E-state index is 0.107. The molecule has 1 aromatic carbocycles. The van der Waals surface area contributed by atoms with Crippen LogP contribution >= 0.6 is 24.0 Å². The van der Waals surface area contributed by atoms with Crippen molar-refractivity contribution in [3.63, 3.8) is 0 Å². The topological polar surface area (TPSA) is 49.6 Å². The maximum absolute atomic E-state index is 12.2. The average Bonchev–Trinajstić information content (AvgIpc) is 2.53. The highest BCUT2D eigenvalue weighted by molar-refractivity contribution is 8.00. The van der Waals surface area contributed by atoms with Crippen molar-refractivity contribution in [2.75, 3.05) is 31.9 Å². The first-order valence-electron chi connectivity index (χ1n) is 7.07. The normalized spacial score (nSPS) is 17.5. The standard InChI is InChI=1S/C15H21N3OS2/c1-12(15(16)20)17-7-9-18(10-8-17)14(19)11-21-13-5-3-2-4-6-13/h2-6,12H,7-11H2,1H3,(H2,16,20). The van der Waals surface area contributed by atoms with E-state index in [-0.39, 0.29) is 11.9 Å². The molecule has 0 aromatic heterocycles. The highest BCUT2D eigenvalue weighted by Gasteiger charge is 2.24. The predicted molar refractivity (Wildman–Crippen MR) is 91.6 cm³/mol. The van der Waals surface area contributed by atoms with Crippen molar-refractivity contribution in [2.24, 2.45) is 5.73 Å². The van der Waals surface area contributed by atoms with Crippen LogP contribution in [0.4, 0.5) is 0 Å². The van der Waals surface area contributed by atoms with Crippen molar-refractivity contribution < 1.29 is 4.79 Å². The summed E-state index contributed by atoms with van der Waals surface area (Å²) in [6.07, 6.45) is 0. The quantitative estimate of drug-likeness (QED) is 0.659. The summed E-state index contributed by atoms with van der Waals surface area (Å²) in [4.78, 5) is 18.0. The Kier molecular flexibility index (Phi) is 6.02. The number of carbonyl (C=O) groups excluding carboxylic acids is 1. The monoisotopic (exact) mass is 323 g/mol. The van der Waals surface area contributed by atoms with Crippen molar-refractivity contribution >= 4 is 34.9 Å². The van der Waals surface area contributed by atoms with E-state index in [0.29, 0.717) is 10.7 Å². The van der Waals surface area contributed by atoms with E-state index in [4.69, 9.17) is 18.0 Å². The summed E-state index contributed by atoms with van der Waals surface area (Å²) in [6, 6.07) is 10.1. The molecule has 114 valence electrons. The maximum atomic E-state index is 12.2. The van der Waals surface area contributed by atoms with Crippen LogP contribution in [-0.2, 0) is 4.79 Å². The number of benzene rings is 1. The zero-order chi connectivity index (χ0) is 15.2. The molecule has 0 spiro atoms. The number of nitrogens with two attached hydrogens (primary N) is 1. The second kappa shape index (κ2) is 7.77. The third-order valence-corrected chi connectivity index (χ3v) is 5.07. The Morgan fingerprint density at radius 2 is 1.90 bits per heavy atom. The van der Waals surface area contributed by atoms with Crippen molar-refractivity contribution in [1.82, 2.24) is 9.80 Å². The first kappa shape index (κ1) is 16.3. The molecule has 0 bridgehead atoms. The second-order valence-electron chi connectivity index (χ2n) is 5.10. The van der Waals surface area contributed by atoms with Crippen LogP contribution in [0, 0.1) is 0 Å². The molecule has 6 heteroatoms. The fraction of sp³-hybridized carbons (Fsp3) is 0.467. The Hall–Kier alpha value is -1.11. The molecule has 2 N–H and O–H groups in total. The van der Waals surface area contributed by atoms with Gasteiger partial charge in [-0.1, -0.05) is 30.4 Å². The third-order valence-electron chi connectivity index (χ3n) is 3.73. The van der Waals surface area contributed by atoms with Gasteiger partial charge in [0.2, 0.25) is 5.91 Å². The molecule has 2 rings (SSSR count). The minimum atomic E-state index is 0.107. The molecular weight excluding hydrogens is 302 g/mol. The molecule has 1 saturated heterocycles. The van der Waals surface area contributed by atoms with E-state index in [2.05, 4.69) is 4.90 Å². The summed E-state index contributed by atoms with van der Waals surface area (Å²) in [5, 5.41) is 0. The number of rotatable bonds is 5. The van der Waals surface area contributed by atoms with E-state index in [1.807, 2.05) is 42.2 Å². The van der Waals surface area contributed by atoms with E-state index >= 15 is 0 Å². The SMILES string of the molecule is CC(C(N)=S)N1CCN(C(=O)CSc2ccccc2)CC1. The lowest BCUT2D eigenvalue weighted by atomic mass is 10.2.